The lowest BCUT2D eigenvalue weighted by Crippen LogP contribution is -2.25. The third kappa shape index (κ3) is 12.5. The van der Waals surface area contributed by atoms with Gasteiger partial charge in [0, 0.05) is 6.42 Å². The smallest absolute Gasteiger partial charge is 0.316 e. The molecule has 0 amide bonds. The fourth-order valence-electron chi connectivity index (χ4n) is 3.02. The highest BCUT2D eigenvalue weighted by atomic mass is 16.6. The molecule has 0 fully saturated rings. The Morgan fingerprint density at radius 3 is 1.71 bits per heavy atom. The molecule has 0 aromatic carbocycles. The summed E-state index contributed by atoms with van der Waals surface area (Å²) >= 11 is 0. The van der Waals surface area contributed by atoms with E-state index in [-0.39, 0.29) is 23.8 Å². The van der Waals surface area contributed by atoms with Gasteiger partial charge in [-0.1, -0.05) is 91.9 Å². The fraction of sp³-hybridized carbons (Fsp3) is 0.905. The van der Waals surface area contributed by atoms with Crippen LogP contribution in [-0.2, 0) is 14.3 Å². The Labute approximate surface area is 149 Å². The Hall–Kier alpha value is -0.860. The van der Waals surface area contributed by atoms with Crippen LogP contribution in [0.3, 0.4) is 0 Å². The van der Waals surface area contributed by atoms with Gasteiger partial charge in [0.1, 0.15) is 0 Å². The first-order valence-electron chi connectivity index (χ1n) is 10.3. The molecule has 0 aromatic heterocycles. The summed E-state index contributed by atoms with van der Waals surface area (Å²) in [7, 11) is 0. The summed E-state index contributed by atoms with van der Waals surface area (Å²) in [6.45, 7) is 8.23. The summed E-state index contributed by atoms with van der Waals surface area (Å²) in [6.07, 6.45) is 14.8. The quantitative estimate of drug-likeness (QED) is 0.196. The predicted molar refractivity (Wildman–Crippen MR) is 101 cm³/mol. The van der Waals surface area contributed by atoms with E-state index in [1.165, 1.54) is 57.8 Å². The second-order valence-electron chi connectivity index (χ2n) is 7.36. The van der Waals surface area contributed by atoms with Gasteiger partial charge >= 0.3 is 11.9 Å². The second-order valence-corrected chi connectivity index (χ2v) is 7.36. The number of rotatable bonds is 15. The van der Waals surface area contributed by atoms with Crippen molar-refractivity contribution in [1.82, 2.24) is 0 Å². The minimum Gasteiger partial charge on any atom is -0.393 e. The monoisotopic (exact) mass is 340 g/mol. The maximum absolute atomic E-state index is 12.1. The van der Waals surface area contributed by atoms with Gasteiger partial charge in [0.15, 0.2) is 0 Å². The van der Waals surface area contributed by atoms with Crippen LogP contribution in [0.2, 0.25) is 0 Å². The van der Waals surface area contributed by atoms with Crippen molar-refractivity contribution in [2.75, 3.05) is 0 Å². The molecule has 0 aromatic rings. The molecule has 0 aliphatic rings. The number of esters is 2. The Morgan fingerprint density at radius 1 is 0.750 bits per heavy atom. The summed E-state index contributed by atoms with van der Waals surface area (Å²) in [4.78, 5) is 23.6. The summed E-state index contributed by atoms with van der Waals surface area (Å²) in [5.41, 5.74) is 0. The van der Waals surface area contributed by atoms with Gasteiger partial charge in [-0.25, -0.2) is 0 Å². The number of ether oxygens (including phenoxy) is 1. The first kappa shape index (κ1) is 23.1. The van der Waals surface area contributed by atoms with Crippen LogP contribution in [-0.4, -0.2) is 11.9 Å². The Bertz CT molecular complexity index is 323. The van der Waals surface area contributed by atoms with Crippen molar-refractivity contribution in [2.24, 2.45) is 11.8 Å². The van der Waals surface area contributed by atoms with Crippen LogP contribution >= 0.6 is 0 Å². The lowest BCUT2D eigenvalue weighted by Gasteiger charge is -2.18. The summed E-state index contributed by atoms with van der Waals surface area (Å²) < 4.78 is 4.98. The molecule has 1 atom stereocenters. The average Bonchev–Trinajstić information content (AvgIpc) is 2.52. The maximum atomic E-state index is 12.1. The summed E-state index contributed by atoms with van der Waals surface area (Å²) in [5.74, 6) is -0.610. The van der Waals surface area contributed by atoms with Gasteiger partial charge in [-0.3, -0.25) is 9.59 Å². The van der Waals surface area contributed by atoms with Crippen LogP contribution in [0.5, 0.6) is 0 Å². The molecule has 0 saturated heterocycles. The Morgan fingerprint density at radius 2 is 1.25 bits per heavy atom. The van der Waals surface area contributed by atoms with Gasteiger partial charge in [-0.05, 0) is 18.8 Å². The van der Waals surface area contributed by atoms with E-state index in [9.17, 15) is 9.59 Å². The van der Waals surface area contributed by atoms with E-state index in [0.717, 1.165) is 19.3 Å². The van der Waals surface area contributed by atoms with Gasteiger partial charge < -0.3 is 4.74 Å². The van der Waals surface area contributed by atoms with Crippen molar-refractivity contribution in [3.8, 4) is 0 Å². The molecule has 3 heteroatoms. The average molecular weight is 341 g/mol. The third-order valence-electron chi connectivity index (χ3n) is 4.64. The van der Waals surface area contributed by atoms with Crippen LogP contribution in [0.25, 0.3) is 0 Å². The van der Waals surface area contributed by atoms with Crippen LogP contribution in [0.15, 0.2) is 0 Å². The zero-order valence-corrected chi connectivity index (χ0v) is 16.6. The largest absolute Gasteiger partial charge is 0.393 e. The molecule has 24 heavy (non-hydrogen) atoms. The van der Waals surface area contributed by atoms with Crippen molar-refractivity contribution in [3.05, 3.63) is 0 Å². The lowest BCUT2D eigenvalue weighted by molar-refractivity contribution is -0.163. The molecule has 0 spiro atoms. The van der Waals surface area contributed by atoms with Crippen LogP contribution < -0.4 is 0 Å². The molecule has 0 bridgehead atoms. The number of carbonyl (C=O) groups is 2. The van der Waals surface area contributed by atoms with Crippen LogP contribution in [0.1, 0.15) is 111 Å². The van der Waals surface area contributed by atoms with Crippen LogP contribution in [0, 0.1) is 11.8 Å². The Balaban J connectivity index is 3.78. The SMILES string of the molecule is CCCCCCCCCCCCC(C(=O)OC(=O)CCC)C(C)C. The number of hydrogen-bond acceptors (Lipinski definition) is 3. The van der Waals surface area contributed by atoms with E-state index < -0.39 is 0 Å². The Kier molecular flexibility index (Phi) is 15.1. The van der Waals surface area contributed by atoms with E-state index in [4.69, 9.17) is 4.74 Å². The van der Waals surface area contributed by atoms with Crippen molar-refractivity contribution < 1.29 is 14.3 Å². The van der Waals surface area contributed by atoms with Gasteiger partial charge in [0.2, 0.25) is 0 Å². The van der Waals surface area contributed by atoms with Crippen molar-refractivity contribution >= 4 is 11.9 Å². The van der Waals surface area contributed by atoms with E-state index in [1.807, 2.05) is 20.8 Å². The number of hydrogen-bond donors (Lipinski definition) is 0. The zero-order valence-electron chi connectivity index (χ0n) is 16.6. The van der Waals surface area contributed by atoms with Crippen molar-refractivity contribution in [1.29, 1.82) is 0 Å². The second kappa shape index (κ2) is 15.7. The van der Waals surface area contributed by atoms with E-state index in [1.54, 1.807) is 0 Å². The van der Waals surface area contributed by atoms with Gasteiger partial charge in [0.25, 0.3) is 0 Å². The molecule has 0 N–H and O–H groups in total. The standard InChI is InChI=1S/C21H40O3/c1-5-7-8-9-10-11-12-13-14-15-17-19(18(3)4)21(23)24-20(22)16-6-2/h18-19H,5-17H2,1-4H3. The first-order chi connectivity index (χ1) is 11.5. The lowest BCUT2D eigenvalue weighted by atomic mass is 9.90. The minimum absolute atomic E-state index is 0.139. The van der Waals surface area contributed by atoms with E-state index in [2.05, 4.69) is 6.92 Å². The number of unbranched alkanes of at least 4 members (excludes halogenated alkanes) is 9. The highest BCUT2D eigenvalue weighted by Gasteiger charge is 2.25. The molecule has 142 valence electrons. The molecule has 0 heterocycles. The molecule has 0 rings (SSSR count). The number of carbonyl (C=O) groups excluding carboxylic acids is 2. The summed E-state index contributed by atoms with van der Waals surface area (Å²) in [5, 5.41) is 0. The van der Waals surface area contributed by atoms with Crippen molar-refractivity contribution in [3.63, 3.8) is 0 Å². The van der Waals surface area contributed by atoms with Crippen molar-refractivity contribution in [2.45, 2.75) is 111 Å². The van der Waals surface area contributed by atoms with E-state index in [0.29, 0.717) is 6.42 Å². The molecule has 0 aliphatic carbocycles. The van der Waals surface area contributed by atoms with Crippen LogP contribution in [0.4, 0.5) is 0 Å². The van der Waals surface area contributed by atoms with Gasteiger partial charge in [-0.15, -0.1) is 0 Å². The molecule has 3 nitrogen and oxygen atoms in total. The fourth-order valence-corrected chi connectivity index (χ4v) is 3.02. The molecular weight excluding hydrogens is 300 g/mol. The molecule has 0 aliphatic heterocycles. The van der Waals surface area contributed by atoms with Gasteiger partial charge in [0.05, 0.1) is 5.92 Å². The highest BCUT2D eigenvalue weighted by molar-refractivity contribution is 5.86. The first-order valence-corrected chi connectivity index (χ1v) is 10.3. The van der Waals surface area contributed by atoms with Gasteiger partial charge in [-0.2, -0.15) is 0 Å². The normalized spacial score (nSPS) is 12.4. The van der Waals surface area contributed by atoms with E-state index >= 15 is 0 Å². The minimum atomic E-state index is -0.378. The highest BCUT2D eigenvalue weighted by Crippen LogP contribution is 2.21. The maximum Gasteiger partial charge on any atom is 0.316 e. The third-order valence-corrected chi connectivity index (χ3v) is 4.64. The molecule has 1 unspecified atom stereocenters. The molecule has 0 radical (unpaired) electrons. The molecule has 0 saturated carbocycles. The topological polar surface area (TPSA) is 43.4 Å². The predicted octanol–water partition coefficient (Wildman–Crippen LogP) is 6.44. The zero-order chi connectivity index (χ0) is 18.2. The summed E-state index contributed by atoms with van der Waals surface area (Å²) in [6, 6.07) is 0. The molecular formula is C21H40O3.